The van der Waals surface area contributed by atoms with Gasteiger partial charge in [-0.3, -0.25) is 0 Å². The SMILES string of the molecule is C=C(C)[C@@]1(O[Si](CC)(CC)CC)CC[C@@]1(CCC/C=C/C(=O)OC)CO[Si](C)(C)C(C)(C)C. The van der Waals surface area contributed by atoms with Crippen molar-refractivity contribution in [2.45, 2.75) is 122 Å². The van der Waals surface area contributed by atoms with E-state index < -0.39 is 16.6 Å². The minimum absolute atomic E-state index is 0.0504. The molecule has 0 saturated heterocycles. The fourth-order valence-corrected chi connectivity index (χ4v) is 9.12. The lowest BCUT2D eigenvalue weighted by molar-refractivity contribution is -0.152. The third kappa shape index (κ3) is 6.71. The average molecular weight is 497 g/mol. The number of ether oxygens (including phenoxy) is 1. The molecule has 2 atom stereocenters. The molecule has 0 amide bonds. The highest BCUT2D eigenvalue weighted by molar-refractivity contribution is 6.74. The zero-order valence-corrected chi connectivity index (χ0v) is 25.4. The summed E-state index contributed by atoms with van der Waals surface area (Å²) in [6, 6.07) is 3.40. The van der Waals surface area contributed by atoms with Gasteiger partial charge in [0, 0.05) is 18.1 Å². The summed E-state index contributed by atoms with van der Waals surface area (Å²) in [6.07, 6.45) is 8.46. The second-order valence-corrected chi connectivity index (χ2v) is 21.1. The van der Waals surface area contributed by atoms with Gasteiger partial charge in [-0.05, 0) is 80.9 Å². The van der Waals surface area contributed by atoms with Crippen LogP contribution in [0, 0.1) is 5.41 Å². The molecule has 1 aliphatic rings. The summed E-state index contributed by atoms with van der Waals surface area (Å²) in [5.41, 5.74) is 0.811. The molecule has 6 heteroatoms. The van der Waals surface area contributed by atoms with E-state index in [4.69, 9.17) is 13.6 Å². The molecule has 0 aromatic heterocycles. The van der Waals surface area contributed by atoms with Crippen LogP contribution in [0.25, 0.3) is 0 Å². The largest absolute Gasteiger partial charge is 0.466 e. The number of hydrogen-bond acceptors (Lipinski definition) is 4. The maximum absolute atomic E-state index is 11.4. The monoisotopic (exact) mass is 496 g/mol. The van der Waals surface area contributed by atoms with Crippen molar-refractivity contribution >= 4 is 22.6 Å². The molecule has 0 aliphatic heterocycles. The van der Waals surface area contributed by atoms with E-state index in [-0.39, 0.29) is 22.0 Å². The Morgan fingerprint density at radius 1 is 1.09 bits per heavy atom. The lowest BCUT2D eigenvalue weighted by Gasteiger charge is -2.63. The normalized spacial score (nSPS) is 24.1. The first-order chi connectivity index (χ1) is 15.2. The first-order valence-electron chi connectivity index (χ1n) is 12.9. The van der Waals surface area contributed by atoms with Gasteiger partial charge in [0.1, 0.15) is 0 Å². The summed E-state index contributed by atoms with van der Waals surface area (Å²) in [4.78, 5) is 11.4. The molecule has 1 aliphatic carbocycles. The number of carbonyl (C=O) groups is 1. The van der Waals surface area contributed by atoms with Crippen LogP contribution >= 0.6 is 0 Å². The highest BCUT2D eigenvalue weighted by Gasteiger charge is 2.62. The molecule has 0 heterocycles. The highest BCUT2D eigenvalue weighted by atomic mass is 28.4. The number of carbonyl (C=O) groups excluding carboxylic acids is 1. The molecule has 0 bridgehead atoms. The summed E-state index contributed by atoms with van der Waals surface area (Å²) >= 11 is 0. The minimum atomic E-state index is -1.90. The van der Waals surface area contributed by atoms with Gasteiger partial charge >= 0.3 is 5.97 Å². The fraction of sp³-hybridized carbons (Fsp3) is 0.815. The molecule has 1 rings (SSSR count). The van der Waals surface area contributed by atoms with E-state index in [0.717, 1.165) is 62.4 Å². The topological polar surface area (TPSA) is 44.8 Å². The Labute approximate surface area is 206 Å². The van der Waals surface area contributed by atoms with Gasteiger partial charge in [0.15, 0.2) is 16.6 Å². The van der Waals surface area contributed by atoms with E-state index in [2.05, 4.69) is 68.1 Å². The minimum Gasteiger partial charge on any atom is -0.466 e. The van der Waals surface area contributed by atoms with Gasteiger partial charge in [0.05, 0.1) is 12.7 Å². The summed E-state index contributed by atoms with van der Waals surface area (Å²) in [6.45, 7) is 25.9. The van der Waals surface area contributed by atoms with Gasteiger partial charge in [-0.2, -0.15) is 0 Å². The van der Waals surface area contributed by atoms with Crippen molar-refractivity contribution < 1.29 is 18.4 Å². The Morgan fingerprint density at radius 2 is 1.67 bits per heavy atom. The van der Waals surface area contributed by atoms with Gasteiger partial charge in [-0.25, -0.2) is 4.79 Å². The number of hydrogen-bond donors (Lipinski definition) is 0. The molecule has 0 N–H and O–H groups in total. The van der Waals surface area contributed by atoms with Crippen molar-refractivity contribution in [3.63, 3.8) is 0 Å². The van der Waals surface area contributed by atoms with E-state index >= 15 is 0 Å². The van der Waals surface area contributed by atoms with E-state index in [0.29, 0.717) is 0 Å². The smallest absolute Gasteiger partial charge is 0.330 e. The molecule has 4 nitrogen and oxygen atoms in total. The molecular weight excluding hydrogens is 444 g/mol. The second-order valence-electron chi connectivity index (χ2n) is 11.6. The Kier molecular flexibility index (Phi) is 10.9. The number of allylic oxidation sites excluding steroid dienone is 1. The molecule has 1 saturated carbocycles. The maximum Gasteiger partial charge on any atom is 0.330 e. The average Bonchev–Trinajstić information content (AvgIpc) is 2.74. The summed E-state index contributed by atoms with van der Waals surface area (Å²) < 4.78 is 18.9. The molecule has 0 unspecified atom stereocenters. The predicted octanol–water partition coefficient (Wildman–Crippen LogP) is 8.02. The van der Waals surface area contributed by atoms with E-state index in [1.807, 2.05) is 6.08 Å². The predicted molar refractivity (Wildman–Crippen MR) is 146 cm³/mol. The molecule has 0 spiro atoms. The van der Waals surface area contributed by atoms with Crippen molar-refractivity contribution in [1.29, 1.82) is 0 Å². The summed E-state index contributed by atoms with van der Waals surface area (Å²) in [5, 5.41) is 0.169. The van der Waals surface area contributed by atoms with E-state index in [1.54, 1.807) is 0 Å². The quantitative estimate of drug-likeness (QED) is 0.0802. The van der Waals surface area contributed by atoms with Crippen LogP contribution in [0.3, 0.4) is 0 Å². The third-order valence-electron chi connectivity index (χ3n) is 8.82. The zero-order chi connectivity index (χ0) is 25.6. The van der Waals surface area contributed by atoms with Crippen LogP contribution in [0.2, 0.25) is 36.3 Å². The molecule has 0 aromatic carbocycles. The van der Waals surface area contributed by atoms with Crippen molar-refractivity contribution in [3.05, 3.63) is 24.3 Å². The standard InChI is InChI=1S/C27H52O4Si2/c1-12-33(13-2,14-3)31-27(23(4)5)21-20-26(27,19-17-15-16-18-24(28)29-9)22-30-32(10,11)25(6,7)8/h16,18H,4,12-15,17,19-22H2,1-3,5-11H3/b18-16+/t26-,27-/m0/s1. The number of rotatable bonds is 14. The van der Waals surface area contributed by atoms with E-state index in [9.17, 15) is 4.79 Å². The van der Waals surface area contributed by atoms with Gasteiger partial charge in [-0.1, -0.05) is 54.2 Å². The summed E-state index contributed by atoms with van der Waals surface area (Å²) in [5.74, 6) is -0.293. The van der Waals surface area contributed by atoms with Crippen molar-refractivity contribution in [1.82, 2.24) is 0 Å². The molecule has 0 radical (unpaired) electrons. The highest BCUT2D eigenvalue weighted by Crippen LogP contribution is 2.61. The van der Waals surface area contributed by atoms with Crippen LogP contribution in [0.5, 0.6) is 0 Å². The zero-order valence-electron chi connectivity index (χ0n) is 23.4. The van der Waals surface area contributed by atoms with Crippen molar-refractivity contribution in [2.75, 3.05) is 13.7 Å². The molecule has 1 fully saturated rings. The lowest BCUT2D eigenvalue weighted by Crippen LogP contribution is -2.66. The van der Waals surface area contributed by atoms with Gasteiger partial charge in [-0.15, -0.1) is 0 Å². The van der Waals surface area contributed by atoms with Gasteiger partial charge in [0.25, 0.3) is 0 Å². The third-order valence-corrected chi connectivity index (χ3v) is 17.9. The van der Waals surface area contributed by atoms with Gasteiger partial charge < -0.3 is 13.6 Å². The van der Waals surface area contributed by atoms with Crippen molar-refractivity contribution in [3.8, 4) is 0 Å². The Morgan fingerprint density at radius 3 is 2.06 bits per heavy atom. The first kappa shape index (κ1) is 30.3. The molecule has 192 valence electrons. The Balaban J connectivity index is 3.27. The van der Waals surface area contributed by atoms with Crippen LogP contribution in [-0.4, -0.2) is 41.9 Å². The second kappa shape index (κ2) is 11.8. The lowest BCUT2D eigenvalue weighted by atomic mass is 9.52. The van der Waals surface area contributed by atoms with Crippen LogP contribution in [0.1, 0.15) is 80.6 Å². The van der Waals surface area contributed by atoms with Gasteiger partial charge in [0.2, 0.25) is 0 Å². The summed E-state index contributed by atoms with van der Waals surface area (Å²) in [7, 11) is -2.33. The molecule has 0 aromatic rings. The fourth-order valence-electron chi connectivity index (χ4n) is 4.88. The maximum atomic E-state index is 11.4. The van der Waals surface area contributed by atoms with Crippen LogP contribution in [0.4, 0.5) is 0 Å². The Hall–Kier alpha value is -0.696. The Bertz CT molecular complexity index is 682. The molecule has 33 heavy (non-hydrogen) atoms. The van der Waals surface area contributed by atoms with Crippen LogP contribution < -0.4 is 0 Å². The number of esters is 1. The molecular formula is C27H52O4Si2. The first-order valence-corrected chi connectivity index (χ1v) is 18.4. The van der Waals surface area contributed by atoms with E-state index in [1.165, 1.54) is 13.2 Å². The number of methoxy groups -OCH3 is 1. The number of unbranched alkanes of at least 4 members (excludes halogenated alkanes) is 1. The van der Waals surface area contributed by atoms with Crippen molar-refractivity contribution in [2.24, 2.45) is 5.41 Å². The van der Waals surface area contributed by atoms with Crippen LogP contribution in [0.15, 0.2) is 24.3 Å². The van der Waals surface area contributed by atoms with Crippen LogP contribution in [-0.2, 0) is 18.4 Å².